The SMILES string of the molecule is CCCC1CN(C)CCC1O. The van der Waals surface area contributed by atoms with Gasteiger partial charge in [-0.3, -0.25) is 0 Å². The second-order valence-electron chi connectivity index (χ2n) is 3.67. The van der Waals surface area contributed by atoms with Crippen molar-refractivity contribution in [2.75, 3.05) is 20.1 Å². The zero-order valence-corrected chi connectivity index (χ0v) is 7.58. The summed E-state index contributed by atoms with van der Waals surface area (Å²) in [6.07, 6.45) is 3.29. The molecule has 1 aliphatic heterocycles. The van der Waals surface area contributed by atoms with Crippen LogP contribution in [0.3, 0.4) is 0 Å². The zero-order chi connectivity index (χ0) is 8.27. The average molecular weight is 157 g/mol. The fraction of sp³-hybridized carbons (Fsp3) is 1.00. The molecule has 2 nitrogen and oxygen atoms in total. The molecule has 66 valence electrons. The van der Waals surface area contributed by atoms with Crippen LogP contribution in [0.2, 0.25) is 0 Å². The van der Waals surface area contributed by atoms with Gasteiger partial charge in [0, 0.05) is 13.1 Å². The number of hydrogen-bond acceptors (Lipinski definition) is 2. The van der Waals surface area contributed by atoms with E-state index in [0.29, 0.717) is 5.92 Å². The molecule has 2 atom stereocenters. The lowest BCUT2D eigenvalue weighted by Gasteiger charge is -2.33. The van der Waals surface area contributed by atoms with Crippen LogP contribution in [-0.4, -0.2) is 36.2 Å². The summed E-state index contributed by atoms with van der Waals surface area (Å²) in [6.45, 7) is 4.32. The molecule has 1 N–H and O–H groups in total. The molecule has 1 aliphatic rings. The Morgan fingerprint density at radius 3 is 2.91 bits per heavy atom. The number of likely N-dealkylation sites (tertiary alicyclic amines) is 1. The Bertz CT molecular complexity index is 116. The molecule has 0 aliphatic carbocycles. The Morgan fingerprint density at radius 2 is 2.27 bits per heavy atom. The van der Waals surface area contributed by atoms with Crippen molar-refractivity contribution in [3.8, 4) is 0 Å². The maximum atomic E-state index is 9.59. The van der Waals surface area contributed by atoms with Gasteiger partial charge in [-0.15, -0.1) is 0 Å². The largest absolute Gasteiger partial charge is 0.393 e. The molecule has 2 unspecified atom stereocenters. The third-order valence-electron chi connectivity index (χ3n) is 2.56. The number of piperidine rings is 1. The highest BCUT2D eigenvalue weighted by Gasteiger charge is 2.24. The minimum atomic E-state index is -0.0360. The van der Waals surface area contributed by atoms with Gasteiger partial charge in [0.25, 0.3) is 0 Å². The van der Waals surface area contributed by atoms with E-state index in [9.17, 15) is 5.11 Å². The monoisotopic (exact) mass is 157 g/mol. The highest BCUT2D eigenvalue weighted by molar-refractivity contribution is 4.77. The number of aliphatic hydroxyl groups excluding tert-OH is 1. The van der Waals surface area contributed by atoms with E-state index < -0.39 is 0 Å². The molecule has 0 amide bonds. The second kappa shape index (κ2) is 4.07. The molecule has 1 saturated heterocycles. The summed E-state index contributed by atoms with van der Waals surface area (Å²) in [5, 5.41) is 9.59. The summed E-state index contributed by atoms with van der Waals surface area (Å²) in [4.78, 5) is 2.31. The maximum Gasteiger partial charge on any atom is 0.0592 e. The summed E-state index contributed by atoms with van der Waals surface area (Å²) in [6, 6.07) is 0. The van der Waals surface area contributed by atoms with Crippen molar-refractivity contribution in [2.24, 2.45) is 5.92 Å². The average Bonchev–Trinajstić information content (AvgIpc) is 1.98. The van der Waals surface area contributed by atoms with Gasteiger partial charge in [-0.25, -0.2) is 0 Å². The molecule has 1 fully saturated rings. The number of aliphatic hydroxyl groups is 1. The predicted molar refractivity (Wildman–Crippen MR) is 46.5 cm³/mol. The van der Waals surface area contributed by atoms with Crippen LogP contribution < -0.4 is 0 Å². The van der Waals surface area contributed by atoms with E-state index in [4.69, 9.17) is 0 Å². The molecule has 0 aromatic rings. The third kappa shape index (κ3) is 2.46. The molecule has 11 heavy (non-hydrogen) atoms. The third-order valence-corrected chi connectivity index (χ3v) is 2.56. The fourth-order valence-electron chi connectivity index (χ4n) is 1.86. The van der Waals surface area contributed by atoms with Crippen LogP contribution in [0.15, 0.2) is 0 Å². The van der Waals surface area contributed by atoms with Crippen molar-refractivity contribution in [1.29, 1.82) is 0 Å². The van der Waals surface area contributed by atoms with Gasteiger partial charge < -0.3 is 10.0 Å². The Hall–Kier alpha value is -0.0800. The van der Waals surface area contributed by atoms with Crippen LogP contribution in [0.25, 0.3) is 0 Å². The summed E-state index contributed by atoms with van der Waals surface area (Å²) < 4.78 is 0. The van der Waals surface area contributed by atoms with Crippen LogP contribution in [0, 0.1) is 5.92 Å². The fourth-order valence-corrected chi connectivity index (χ4v) is 1.86. The first kappa shape index (κ1) is 9.01. The lowest BCUT2D eigenvalue weighted by atomic mass is 9.91. The van der Waals surface area contributed by atoms with Gasteiger partial charge in [0.2, 0.25) is 0 Å². The van der Waals surface area contributed by atoms with Crippen LogP contribution in [0.4, 0.5) is 0 Å². The van der Waals surface area contributed by atoms with Crippen molar-refractivity contribution in [2.45, 2.75) is 32.3 Å². The van der Waals surface area contributed by atoms with Gasteiger partial charge in [-0.05, 0) is 25.8 Å². The predicted octanol–water partition coefficient (Wildman–Crippen LogP) is 1.10. The first-order chi connectivity index (χ1) is 5.24. The van der Waals surface area contributed by atoms with Gasteiger partial charge in [0.05, 0.1) is 6.10 Å². The van der Waals surface area contributed by atoms with Crippen molar-refractivity contribution < 1.29 is 5.11 Å². The minimum Gasteiger partial charge on any atom is -0.393 e. The summed E-state index contributed by atoms with van der Waals surface area (Å²) in [5.41, 5.74) is 0. The Balaban J connectivity index is 2.34. The molecule has 0 spiro atoms. The normalized spacial score (nSPS) is 34.1. The smallest absolute Gasteiger partial charge is 0.0592 e. The number of nitrogens with zero attached hydrogens (tertiary/aromatic N) is 1. The van der Waals surface area contributed by atoms with E-state index in [0.717, 1.165) is 19.5 Å². The molecule has 0 bridgehead atoms. The Kier molecular flexibility index (Phi) is 3.34. The van der Waals surface area contributed by atoms with Crippen molar-refractivity contribution in [3.05, 3.63) is 0 Å². The Labute approximate surface area is 69.2 Å². The minimum absolute atomic E-state index is 0.0360. The van der Waals surface area contributed by atoms with Crippen molar-refractivity contribution in [1.82, 2.24) is 4.90 Å². The quantitative estimate of drug-likeness (QED) is 0.649. The van der Waals surface area contributed by atoms with Gasteiger partial charge in [0.15, 0.2) is 0 Å². The highest BCUT2D eigenvalue weighted by Crippen LogP contribution is 2.20. The van der Waals surface area contributed by atoms with Gasteiger partial charge in [0.1, 0.15) is 0 Å². The van der Waals surface area contributed by atoms with Crippen LogP contribution >= 0.6 is 0 Å². The van der Waals surface area contributed by atoms with E-state index >= 15 is 0 Å². The van der Waals surface area contributed by atoms with E-state index in [2.05, 4.69) is 18.9 Å². The van der Waals surface area contributed by atoms with Gasteiger partial charge in [-0.2, -0.15) is 0 Å². The summed E-state index contributed by atoms with van der Waals surface area (Å²) in [5.74, 6) is 0.527. The molecule has 0 radical (unpaired) electrons. The summed E-state index contributed by atoms with van der Waals surface area (Å²) in [7, 11) is 2.13. The number of rotatable bonds is 2. The molecular weight excluding hydrogens is 138 g/mol. The molecule has 0 saturated carbocycles. The first-order valence-electron chi connectivity index (χ1n) is 4.60. The van der Waals surface area contributed by atoms with Gasteiger partial charge >= 0.3 is 0 Å². The Morgan fingerprint density at radius 1 is 1.55 bits per heavy atom. The molecule has 1 heterocycles. The second-order valence-corrected chi connectivity index (χ2v) is 3.67. The highest BCUT2D eigenvalue weighted by atomic mass is 16.3. The maximum absolute atomic E-state index is 9.59. The molecular formula is C9H19NO. The van der Waals surface area contributed by atoms with Gasteiger partial charge in [-0.1, -0.05) is 13.3 Å². The van der Waals surface area contributed by atoms with Crippen LogP contribution in [0.5, 0.6) is 0 Å². The lowest BCUT2D eigenvalue weighted by Crippen LogP contribution is -2.40. The van der Waals surface area contributed by atoms with Crippen LogP contribution in [-0.2, 0) is 0 Å². The molecule has 1 rings (SSSR count). The summed E-state index contributed by atoms with van der Waals surface area (Å²) >= 11 is 0. The number of hydrogen-bond donors (Lipinski definition) is 1. The van der Waals surface area contributed by atoms with E-state index in [1.807, 2.05) is 0 Å². The first-order valence-corrected chi connectivity index (χ1v) is 4.60. The molecule has 2 heteroatoms. The standard InChI is InChI=1S/C9H19NO/c1-3-4-8-7-10(2)6-5-9(8)11/h8-9,11H,3-7H2,1-2H3. The van der Waals surface area contributed by atoms with E-state index in [1.165, 1.54) is 12.8 Å². The topological polar surface area (TPSA) is 23.5 Å². The zero-order valence-electron chi connectivity index (χ0n) is 7.58. The van der Waals surface area contributed by atoms with Crippen LogP contribution in [0.1, 0.15) is 26.2 Å². The van der Waals surface area contributed by atoms with E-state index in [-0.39, 0.29) is 6.10 Å². The molecule has 0 aromatic carbocycles. The van der Waals surface area contributed by atoms with E-state index in [1.54, 1.807) is 0 Å². The molecule has 0 aromatic heterocycles. The van der Waals surface area contributed by atoms with Crippen molar-refractivity contribution >= 4 is 0 Å². The van der Waals surface area contributed by atoms with Crippen molar-refractivity contribution in [3.63, 3.8) is 0 Å². The lowest BCUT2D eigenvalue weighted by molar-refractivity contribution is 0.0322.